The van der Waals surface area contributed by atoms with E-state index in [2.05, 4.69) is 10.1 Å². The third-order valence-corrected chi connectivity index (χ3v) is 5.80. The quantitative estimate of drug-likeness (QED) is 0.774. The Kier molecular flexibility index (Phi) is 3.70. The molecule has 1 aliphatic heterocycles. The molecule has 2 fully saturated rings. The van der Waals surface area contributed by atoms with Gasteiger partial charge in [0.2, 0.25) is 0 Å². The normalized spacial score (nSPS) is 18.3. The largest absolute Gasteiger partial charge is 0.351 e. The molecule has 27 heavy (non-hydrogen) atoms. The second-order valence-electron chi connectivity index (χ2n) is 7.70. The van der Waals surface area contributed by atoms with Gasteiger partial charge in [-0.25, -0.2) is 9.48 Å². The summed E-state index contributed by atoms with van der Waals surface area (Å²) < 4.78 is 3.34. The zero-order valence-electron chi connectivity index (χ0n) is 15.4. The number of rotatable bonds is 3. The number of aromatic amines is 1. The maximum absolute atomic E-state index is 12.9. The Bertz CT molecular complexity index is 1030. The van der Waals surface area contributed by atoms with Gasteiger partial charge in [-0.3, -0.25) is 9.36 Å². The lowest BCUT2D eigenvalue weighted by Crippen LogP contribution is -2.38. The molecule has 1 amide bonds. The zero-order chi connectivity index (χ0) is 18.5. The molecule has 0 unspecified atom stereocenters. The number of benzene rings is 1. The van der Waals surface area contributed by atoms with Crippen molar-refractivity contribution in [2.24, 2.45) is 7.05 Å². The van der Waals surface area contributed by atoms with Gasteiger partial charge < -0.3 is 9.88 Å². The number of aromatic nitrogens is 4. The Hall–Kier alpha value is -2.83. The van der Waals surface area contributed by atoms with Gasteiger partial charge >= 0.3 is 5.69 Å². The molecule has 5 rings (SSSR count). The molecular weight excluding hydrogens is 342 g/mol. The first-order valence-corrected chi connectivity index (χ1v) is 9.64. The second kappa shape index (κ2) is 6.11. The maximum atomic E-state index is 12.9. The maximum Gasteiger partial charge on any atom is 0.345 e. The topological polar surface area (TPSA) is 75.9 Å². The highest BCUT2D eigenvalue weighted by Gasteiger charge is 2.34. The molecule has 0 atom stereocenters. The van der Waals surface area contributed by atoms with Crippen molar-refractivity contribution in [3.8, 4) is 0 Å². The standard InChI is InChI=1S/C20H23N5O2/c1-23-20(27)25(15-6-7-15)18(22-23)13-8-10-24(11-9-13)19(26)17-12-14-4-2-3-5-16(14)21-17/h2-5,12-13,15,21H,6-11H2,1H3. The van der Waals surface area contributed by atoms with Crippen molar-refractivity contribution >= 4 is 16.8 Å². The first kappa shape index (κ1) is 16.4. The summed E-state index contributed by atoms with van der Waals surface area (Å²) in [6.45, 7) is 1.38. The number of hydrogen-bond donors (Lipinski definition) is 1. The molecule has 3 aromatic rings. The predicted molar refractivity (Wildman–Crippen MR) is 102 cm³/mol. The van der Waals surface area contributed by atoms with E-state index in [1.165, 1.54) is 4.68 Å². The number of carbonyl (C=O) groups excluding carboxylic acids is 1. The van der Waals surface area contributed by atoms with Crippen molar-refractivity contribution in [1.82, 2.24) is 24.2 Å². The second-order valence-corrected chi connectivity index (χ2v) is 7.70. The van der Waals surface area contributed by atoms with Gasteiger partial charge in [-0.05, 0) is 37.8 Å². The van der Waals surface area contributed by atoms with E-state index < -0.39 is 0 Å². The molecule has 1 N–H and O–H groups in total. The van der Waals surface area contributed by atoms with Crippen LogP contribution >= 0.6 is 0 Å². The van der Waals surface area contributed by atoms with Crippen molar-refractivity contribution in [1.29, 1.82) is 0 Å². The van der Waals surface area contributed by atoms with Crippen LogP contribution in [0.1, 0.15) is 54.0 Å². The molecule has 0 spiro atoms. The highest BCUT2D eigenvalue weighted by molar-refractivity contribution is 5.98. The van der Waals surface area contributed by atoms with Crippen LogP contribution in [0.25, 0.3) is 10.9 Å². The van der Waals surface area contributed by atoms with Gasteiger partial charge in [0, 0.05) is 43.0 Å². The summed E-state index contributed by atoms with van der Waals surface area (Å²) in [4.78, 5) is 30.4. The monoisotopic (exact) mass is 365 g/mol. The van der Waals surface area contributed by atoms with E-state index in [9.17, 15) is 9.59 Å². The van der Waals surface area contributed by atoms with Gasteiger partial charge in [0.05, 0.1) is 0 Å². The van der Waals surface area contributed by atoms with Crippen LogP contribution in [0.3, 0.4) is 0 Å². The lowest BCUT2D eigenvalue weighted by Gasteiger charge is -2.31. The third kappa shape index (κ3) is 2.78. The van der Waals surface area contributed by atoms with Crippen molar-refractivity contribution in [2.75, 3.05) is 13.1 Å². The van der Waals surface area contributed by atoms with E-state index in [0.29, 0.717) is 24.8 Å². The van der Waals surface area contributed by atoms with Crippen LogP contribution in [-0.2, 0) is 7.05 Å². The number of hydrogen-bond acceptors (Lipinski definition) is 3. The minimum absolute atomic E-state index is 0.0101. The van der Waals surface area contributed by atoms with Crippen LogP contribution in [-0.4, -0.2) is 43.2 Å². The van der Waals surface area contributed by atoms with Crippen molar-refractivity contribution in [2.45, 2.75) is 37.6 Å². The molecular formula is C20H23N5O2. The predicted octanol–water partition coefficient (Wildman–Crippen LogP) is 2.42. The number of likely N-dealkylation sites (tertiary alicyclic amines) is 1. The number of aryl methyl sites for hydroxylation is 1. The zero-order valence-corrected chi connectivity index (χ0v) is 15.4. The number of amides is 1. The highest BCUT2D eigenvalue weighted by atomic mass is 16.2. The molecule has 7 nitrogen and oxygen atoms in total. The Labute approximate surface area is 156 Å². The molecule has 1 saturated heterocycles. The average Bonchev–Trinajstić information content (AvgIpc) is 3.35. The van der Waals surface area contributed by atoms with Crippen LogP contribution in [0.15, 0.2) is 35.1 Å². The van der Waals surface area contributed by atoms with Gasteiger partial charge in [-0.2, -0.15) is 5.10 Å². The van der Waals surface area contributed by atoms with Gasteiger partial charge in [0.25, 0.3) is 5.91 Å². The molecule has 1 aliphatic carbocycles. The molecule has 0 radical (unpaired) electrons. The summed E-state index contributed by atoms with van der Waals surface area (Å²) in [6.07, 6.45) is 3.82. The minimum Gasteiger partial charge on any atom is -0.351 e. The number of carbonyl (C=O) groups is 1. The van der Waals surface area contributed by atoms with E-state index in [0.717, 1.165) is 42.4 Å². The number of fused-ring (bicyclic) bond motifs is 1. The summed E-state index contributed by atoms with van der Waals surface area (Å²) in [7, 11) is 1.72. The van der Waals surface area contributed by atoms with Crippen LogP contribution in [0.4, 0.5) is 0 Å². The molecule has 3 heterocycles. The van der Waals surface area contributed by atoms with Crippen molar-refractivity contribution < 1.29 is 4.79 Å². The van der Waals surface area contributed by atoms with E-state index in [4.69, 9.17) is 0 Å². The fourth-order valence-electron chi connectivity index (χ4n) is 4.15. The van der Waals surface area contributed by atoms with Gasteiger partial charge in [0.1, 0.15) is 11.5 Å². The Balaban J connectivity index is 1.32. The van der Waals surface area contributed by atoms with E-state index >= 15 is 0 Å². The lowest BCUT2D eigenvalue weighted by atomic mass is 9.95. The first-order chi connectivity index (χ1) is 13.1. The van der Waals surface area contributed by atoms with Gasteiger partial charge in [-0.15, -0.1) is 0 Å². The van der Waals surface area contributed by atoms with Gasteiger partial charge in [0.15, 0.2) is 0 Å². The van der Waals surface area contributed by atoms with E-state index in [1.54, 1.807) is 7.05 Å². The van der Waals surface area contributed by atoms with Crippen LogP contribution in [0.2, 0.25) is 0 Å². The highest BCUT2D eigenvalue weighted by Crippen LogP contribution is 2.37. The molecule has 1 saturated carbocycles. The number of nitrogens with one attached hydrogen (secondary N) is 1. The van der Waals surface area contributed by atoms with Crippen LogP contribution < -0.4 is 5.69 Å². The van der Waals surface area contributed by atoms with Crippen LogP contribution in [0, 0.1) is 0 Å². The molecule has 0 bridgehead atoms. The summed E-state index contributed by atoms with van der Waals surface area (Å²) >= 11 is 0. The number of piperidine rings is 1. The lowest BCUT2D eigenvalue weighted by molar-refractivity contribution is 0.0705. The third-order valence-electron chi connectivity index (χ3n) is 5.80. The smallest absolute Gasteiger partial charge is 0.345 e. The number of H-pyrrole nitrogens is 1. The summed E-state index contributed by atoms with van der Waals surface area (Å²) in [5.74, 6) is 1.19. The molecule has 2 aromatic heterocycles. The Morgan fingerprint density at radius 3 is 2.59 bits per heavy atom. The van der Waals surface area contributed by atoms with Crippen molar-refractivity contribution in [3.05, 3.63) is 52.3 Å². The summed E-state index contributed by atoms with van der Waals surface area (Å²) in [5.41, 5.74) is 1.61. The fourth-order valence-corrected chi connectivity index (χ4v) is 4.15. The average molecular weight is 365 g/mol. The SMILES string of the molecule is Cn1nc(C2CCN(C(=O)c3cc4ccccc4[nH]3)CC2)n(C2CC2)c1=O. The van der Waals surface area contributed by atoms with Gasteiger partial charge in [-0.1, -0.05) is 18.2 Å². The minimum atomic E-state index is -0.0101. The Morgan fingerprint density at radius 2 is 1.89 bits per heavy atom. The molecule has 1 aromatic carbocycles. The van der Waals surface area contributed by atoms with Crippen LogP contribution in [0.5, 0.6) is 0 Å². The molecule has 140 valence electrons. The van der Waals surface area contributed by atoms with E-state index in [-0.39, 0.29) is 17.5 Å². The summed E-state index contributed by atoms with van der Waals surface area (Å²) in [5, 5.41) is 5.56. The molecule has 7 heteroatoms. The first-order valence-electron chi connectivity index (χ1n) is 9.64. The number of nitrogens with zero attached hydrogens (tertiary/aromatic N) is 4. The Morgan fingerprint density at radius 1 is 1.15 bits per heavy atom. The number of para-hydroxylation sites is 1. The molecule has 2 aliphatic rings. The fraction of sp³-hybridized carbons (Fsp3) is 0.450. The van der Waals surface area contributed by atoms with Crippen molar-refractivity contribution in [3.63, 3.8) is 0 Å². The summed E-state index contributed by atoms with van der Waals surface area (Å²) in [6, 6.07) is 10.2. The van der Waals surface area contributed by atoms with E-state index in [1.807, 2.05) is 39.8 Å².